The Balaban J connectivity index is 1.84. The van der Waals surface area contributed by atoms with E-state index in [-0.39, 0.29) is 18.7 Å². The number of phosphoric ester groups is 2. The minimum Gasteiger partial charge on any atom is -0.462 e. The minimum absolute atomic E-state index is 0.0191. The molecule has 0 amide bonds. The Morgan fingerprint density at radius 3 is 2.07 bits per heavy atom. The summed E-state index contributed by atoms with van der Waals surface area (Å²) in [5, 5.41) is 31.0. The van der Waals surface area contributed by atoms with Crippen LogP contribution in [0.4, 0.5) is 5.82 Å². The van der Waals surface area contributed by atoms with Crippen LogP contribution in [0.25, 0.3) is 0 Å². The van der Waals surface area contributed by atoms with Gasteiger partial charge in [-0.2, -0.15) is 9.29 Å². The second-order valence-corrected chi connectivity index (χ2v) is 21.4. The number of nitrogens with two attached hydrogens (primary N) is 1. The molecule has 1 fully saturated rings. The predicted molar refractivity (Wildman–Crippen MR) is 272 cm³/mol. The molecule has 0 radical (unpaired) electrons. The zero-order chi connectivity index (χ0) is 52.3. The van der Waals surface area contributed by atoms with Crippen molar-refractivity contribution in [1.29, 1.82) is 0 Å². The van der Waals surface area contributed by atoms with E-state index in [1.54, 1.807) is 12.2 Å². The third-order valence-corrected chi connectivity index (χ3v) is 14.0. The summed E-state index contributed by atoms with van der Waals surface area (Å²) in [5.41, 5.74) is 4.58. The molecule has 0 bridgehead atoms. The molecule has 0 saturated carbocycles. The van der Waals surface area contributed by atoms with Crippen molar-refractivity contribution in [1.82, 2.24) is 9.55 Å². The predicted octanol–water partition coefficient (Wildman–Crippen LogP) is 9.38. The Morgan fingerprint density at radius 1 is 0.789 bits per heavy atom. The average Bonchev–Trinajstić information content (AvgIpc) is 3.59. The number of hydrogen-bond donors (Lipinski definition) is 6. The number of carbonyl (C=O) groups is 2. The normalized spacial score (nSPS) is 20.1. The summed E-state index contributed by atoms with van der Waals surface area (Å²) in [6.45, 7) is 4.29. The largest absolute Gasteiger partial charge is 0.481 e. The van der Waals surface area contributed by atoms with Crippen LogP contribution >= 0.6 is 15.6 Å². The van der Waals surface area contributed by atoms with Crippen molar-refractivity contribution in [2.45, 2.75) is 205 Å². The number of nitrogen functional groups attached to an aromatic ring is 1. The second-order valence-electron chi connectivity index (χ2n) is 18.4. The van der Waals surface area contributed by atoms with Crippen LogP contribution in [0.3, 0.4) is 0 Å². The van der Waals surface area contributed by atoms with Crippen molar-refractivity contribution in [3.8, 4) is 0 Å². The van der Waals surface area contributed by atoms with Gasteiger partial charge in [0.05, 0.1) is 19.3 Å². The van der Waals surface area contributed by atoms with Crippen LogP contribution in [-0.4, -0.2) is 96.9 Å². The monoisotopic (exact) mass is 1050 g/mol. The molecule has 406 valence electrons. The van der Waals surface area contributed by atoms with Gasteiger partial charge >= 0.3 is 33.3 Å². The minimum atomic E-state index is -5.44. The van der Waals surface area contributed by atoms with E-state index >= 15 is 0 Å². The summed E-state index contributed by atoms with van der Waals surface area (Å²) in [5.74, 6) is -0.639. The maximum Gasteiger partial charge on any atom is 0.481 e. The van der Waals surface area contributed by atoms with Crippen molar-refractivity contribution in [3.63, 3.8) is 0 Å². The van der Waals surface area contributed by atoms with Crippen LogP contribution in [0.15, 0.2) is 65.7 Å². The van der Waals surface area contributed by atoms with Crippen molar-refractivity contribution >= 4 is 33.4 Å². The summed E-state index contributed by atoms with van der Waals surface area (Å²) in [6.07, 6.45) is 29.5. The molecular formula is C50H85N3O16P2. The molecule has 1 aromatic rings. The Morgan fingerprint density at radius 2 is 1.41 bits per heavy atom. The summed E-state index contributed by atoms with van der Waals surface area (Å²) in [7, 11) is -10.9. The third-order valence-electron chi connectivity index (χ3n) is 11.4. The van der Waals surface area contributed by atoms with Gasteiger partial charge in [0, 0.05) is 19.0 Å². The number of aliphatic hydroxyl groups is 3. The maximum atomic E-state index is 12.9. The number of hydrogen-bond acceptors (Lipinski definition) is 16. The molecule has 0 aliphatic carbocycles. The molecule has 1 aromatic heterocycles. The number of carbonyl (C=O) groups excluding carboxylic acids is 2. The summed E-state index contributed by atoms with van der Waals surface area (Å²) < 4.78 is 56.7. The smallest absolute Gasteiger partial charge is 0.462 e. The fourth-order valence-electron chi connectivity index (χ4n) is 7.40. The van der Waals surface area contributed by atoms with Gasteiger partial charge in [-0.1, -0.05) is 159 Å². The highest BCUT2D eigenvalue weighted by atomic mass is 31.3. The third kappa shape index (κ3) is 31.1. The summed E-state index contributed by atoms with van der Waals surface area (Å²) in [4.78, 5) is 61.9. The van der Waals surface area contributed by atoms with E-state index < -0.39 is 89.8 Å². The number of allylic oxidation sites excluding steroid dienone is 6. The van der Waals surface area contributed by atoms with Crippen LogP contribution in [0.5, 0.6) is 0 Å². The summed E-state index contributed by atoms with van der Waals surface area (Å²) >= 11 is 0. The number of aliphatic hydroxyl groups excluding tert-OH is 3. The molecule has 7 N–H and O–H groups in total. The fraction of sp³-hybridized carbons (Fsp3) is 0.720. The maximum absolute atomic E-state index is 12.9. The number of rotatable bonds is 41. The van der Waals surface area contributed by atoms with Crippen molar-refractivity contribution in [3.05, 3.63) is 71.4 Å². The lowest BCUT2D eigenvalue weighted by atomic mass is 10.0. The van der Waals surface area contributed by atoms with Gasteiger partial charge in [0.1, 0.15) is 30.7 Å². The molecule has 21 heteroatoms. The van der Waals surface area contributed by atoms with Gasteiger partial charge in [-0.15, -0.1) is 0 Å². The van der Waals surface area contributed by atoms with E-state index in [4.69, 9.17) is 29.0 Å². The van der Waals surface area contributed by atoms with Crippen LogP contribution in [0.1, 0.15) is 175 Å². The first-order valence-corrected chi connectivity index (χ1v) is 28.6. The highest BCUT2D eigenvalue weighted by molar-refractivity contribution is 7.61. The van der Waals surface area contributed by atoms with Gasteiger partial charge in [-0.25, -0.2) is 13.9 Å². The molecular weight excluding hydrogens is 961 g/mol. The number of nitrogens with zero attached hydrogens (tertiary/aromatic N) is 2. The van der Waals surface area contributed by atoms with Crippen molar-refractivity contribution < 1.29 is 71.4 Å². The number of phosphoric acid groups is 2. The molecule has 1 aliphatic rings. The molecule has 71 heavy (non-hydrogen) atoms. The molecule has 2 unspecified atom stereocenters. The second kappa shape index (κ2) is 37.4. The first-order valence-electron chi connectivity index (χ1n) is 25.6. The lowest BCUT2D eigenvalue weighted by Crippen LogP contribution is -2.36. The Kier molecular flexibility index (Phi) is 33.6. The number of esters is 2. The topological polar surface area (TPSA) is 286 Å². The highest BCUT2D eigenvalue weighted by Gasteiger charge is 2.46. The standard InChI is InChI=1S/C50H85N3O16P2/c1-4-5-6-7-21-26-31-41(54)32-27-22-17-14-15-18-23-28-33-45(55)64-37-42(67-46(56)34-29-24-19-13-11-9-8-10-12-16-20-25-30-40(2)3)38-65-70(60,61)69-71(62,63)66-39-43-47(57)48(58)49(68-43)53-36-35-44(51)52-50(53)59/h15,17-18,21-22,26-27,32,35-36,40-43,47-49,54,57-58H,4-14,16,19-20,23-25,28-31,33-34,37-39H2,1-3H3,(H,60,61)(H,62,63)(H2,51,52,59)/b18-15-,22-17-,26-21-,32-27+/t41-,42-,43-,47-,48-,49-/m1/s1. The molecule has 2 heterocycles. The Hall–Kier alpha value is -3.32. The molecule has 0 spiro atoms. The van der Waals surface area contributed by atoms with Gasteiger partial charge in [-0.05, 0) is 56.9 Å². The number of unbranched alkanes of at least 4 members (excludes halogenated alkanes) is 15. The summed E-state index contributed by atoms with van der Waals surface area (Å²) in [6, 6.07) is 1.24. The molecule has 19 nitrogen and oxygen atoms in total. The first-order chi connectivity index (χ1) is 33.9. The zero-order valence-corrected chi connectivity index (χ0v) is 44.1. The van der Waals surface area contributed by atoms with Gasteiger partial charge in [-0.3, -0.25) is 23.2 Å². The highest BCUT2D eigenvalue weighted by Crippen LogP contribution is 2.60. The lowest BCUT2D eigenvalue weighted by Gasteiger charge is -2.21. The van der Waals surface area contributed by atoms with E-state index in [0.29, 0.717) is 32.1 Å². The molecule has 8 atom stereocenters. The van der Waals surface area contributed by atoms with Gasteiger partial charge < -0.3 is 45.1 Å². The van der Waals surface area contributed by atoms with E-state index in [1.165, 1.54) is 70.3 Å². The van der Waals surface area contributed by atoms with Crippen LogP contribution < -0.4 is 11.4 Å². The Labute approximate surface area is 421 Å². The Bertz CT molecular complexity index is 1910. The van der Waals surface area contributed by atoms with E-state index in [9.17, 15) is 48.6 Å². The first kappa shape index (κ1) is 63.8. The average molecular weight is 1050 g/mol. The molecule has 1 saturated heterocycles. The zero-order valence-electron chi connectivity index (χ0n) is 42.3. The van der Waals surface area contributed by atoms with Crippen LogP contribution in [0, 0.1) is 5.92 Å². The van der Waals surface area contributed by atoms with Gasteiger partial charge in [0.15, 0.2) is 12.3 Å². The van der Waals surface area contributed by atoms with E-state index in [0.717, 1.165) is 55.2 Å². The van der Waals surface area contributed by atoms with Crippen molar-refractivity contribution in [2.75, 3.05) is 25.6 Å². The molecule has 0 aromatic carbocycles. The fourth-order valence-corrected chi connectivity index (χ4v) is 9.51. The van der Waals surface area contributed by atoms with E-state index in [2.05, 4.69) is 36.1 Å². The van der Waals surface area contributed by atoms with Gasteiger partial charge in [0.2, 0.25) is 0 Å². The number of anilines is 1. The van der Waals surface area contributed by atoms with Crippen LogP contribution in [0.2, 0.25) is 0 Å². The number of ether oxygens (including phenoxy) is 3. The van der Waals surface area contributed by atoms with Crippen molar-refractivity contribution in [2.24, 2.45) is 5.92 Å². The SMILES string of the molecule is CCCCC/C=C\C[C@@H](O)/C=C/C=C\C/C=C\CCCC(=O)OC[C@H](COP(=O)(O)OP(=O)(O)OC[C@H]1O[C@@H](n2ccc(N)nc2=O)[C@H](O)[C@@H]1O)OC(=O)CCCCCCCCCCCCCCC(C)C. The van der Waals surface area contributed by atoms with E-state index in [1.807, 2.05) is 30.4 Å². The van der Waals surface area contributed by atoms with Gasteiger partial charge in [0.25, 0.3) is 0 Å². The molecule has 2 rings (SSSR count). The lowest BCUT2D eigenvalue weighted by molar-refractivity contribution is -0.161. The molecule has 1 aliphatic heterocycles. The number of aromatic nitrogens is 2. The van der Waals surface area contributed by atoms with Crippen LogP contribution in [-0.2, 0) is 46.3 Å². The quantitative estimate of drug-likeness (QED) is 0.0117.